The molecule has 1 fully saturated rings. The van der Waals surface area contributed by atoms with E-state index < -0.39 is 0 Å². The normalized spacial score (nSPS) is 17.4. The molecule has 2 N–H and O–H groups in total. The van der Waals surface area contributed by atoms with Crippen molar-refractivity contribution >= 4 is 30.1 Å². The quantitative estimate of drug-likeness (QED) is 0.786. The lowest BCUT2D eigenvalue weighted by atomic mass is 10.1. The molecule has 0 saturated carbocycles. The first-order valence-electron chi connectivity index (χ1n) is 6.51. The van der Waals surface area contributed by atoms with E-state index in [1.807, 2.05) is 12.1 Å². The number of thioether (sulfide) groups is 1. The predicted octanol–water partition coefficient (Wildman–Crippen LogP) is 1.83. The molecule has 0 bridgehead atoms. The summed E-state index contributed by atoms with van der Waals surface area (Å²) in [5, 5.41) is 6.14. The highest BCUT2D eigenvalue weighted by atomic mass is 35.5. The Hall–Kier alpha value is -0.910. The zero-order chi connectivity index (χ0) is 13.5. The van der Waals surface area contributed by atoms with Crippen molar-refractivity contribution in [3.63, 3.8) is 0 Å². The SMILES string of the molecule is COc1ccc(CCCNC(=O)C2CSCN2)cc1.Cl. The molecule has 112 valence electrons. The van der Waals surface area contributed by atoms with Gasteiger partial charge in [-0.1, -0.05) is 12.1 Å². The van der Waals surface area contributed by atoms with Gasteiger partial charge < -0.3 is 10.1 Å². The number of aryl methyl sites for hydroxylation is 1. The minimum atomic E-state index is -0.00835. The number of benzene rings is 1. The number of hydrogen-bond acceptors (Lipinski definition) is 4. The second-order valence-corrected chi connectivity index (χ2v) is 5.54. The third kappa shape index (κ3) is 5.23. The van der Waals surface area contributed by atoms with E-state index in [-0.39, 0.29) is 24.4 Å². The summed E-state index contributed by atoms with van der Waals surface area (Å²) in [7, 11) is 1.67. The van der Waals surface area contributed by atoms with Gasteiger partial charge in [-0.05, 0) is 30.5 Å². The monoisotopic (exact) mass is 316 g/mol. The minimum Gasteiger partial charge on any atom is -0.497 e. The summed E-state index contributed by atoms with van der Waals surface area (Å²) >= 11 is 1.77. The van der Waals surface area contributed by atoms with Gasteiger partial charge in [0.1, 0.15) is 5.75 Å². The van der Waals surface area contributed by atoms with Gasteiger partial charge in [0.05, 0.1) is 13.2 Å². The van der Waals surface area contributed by atoms with E-state index in [0.717, 1.165) is 36.8 Å². The fourth-order valence-corrected chi connectivity index (χ4v) is 2.92. The van der Waals surface area contributed by atoms with Crippen LogP contribution in [0.5, 0.6) is 5.75 Å². The first-order chi connectivity index (χ1) is 9.29. The van der Waals surface area contributed by atoms with Crippen LogP contribution in [0.3, 0.4) is 0 Å². The zero-order valence-corrected chi connectivity index (χ0v) is 13.2. The van der Waals surface area contributed by atoms with E-state index in [4.69, 9.17) is 4.74 Å². The van der Waals surface area contributed by atoms with Crippen molar-refractivity contribution in [3.8, 4) is 5.75 Å². The number of methoxy groups -OCH3 is 1. The van der Waals surface area contributed by atoms with Gasteiger partial charge in [-0.3, -0.25) is 10.1 Å². The molecule has 1 saturated heterocycles. The van der Waals surface area contributed by atoms with Crippen molar-refractivity contribution < 1.29 is 9.53 Å². The molecule has 1 aromatic rings. The first-order valence-corrected chi connectivity index (χ1v) is 7.67. The molecule has 4 nitrogen and oxygen atoms in total. The maximum atomic E-state index is 11.7. The molecule has 6 heteroatoms. The second-order valence-electron chi connectivity index (χ2n) is 4.51. The lowest BCUT2D eigenvalue weighted by Crippen LogP contribution is -2.42. The highest BCUT2D eigenvalue weighted by molar-refractivity contribution is 7.99. The predicted molar refractivity (Wildman–Crippen MR) is 85.8 cm³/mol. The van der Waals surface area contributed by atoms with Crippen LogP contribution in [0.25, 0.3) is 0 Å². The van der Waals surface area contributed by atoms with Crippen molar-refractivity contribution in [2.45, 2.75) is 18.9 Å². The Kier molecular flexibility index (Phi) is 7.80. The molecule has 1 aromatic carbocycles. The number of rotatable bonds is 6. The average Bonchev–Trinajstić information content (AvgIpc) is 2.98. The lowest BCUT2D eigenvalue weighted by molar-refractivity contribution is -0.122. The molecule has 1 heterocycles. The maximum Gasteiger partial charge on any atom is 0.238 e. The maximum absolute atomic E-state index is 11.7. The summed E-state index contributed by atoms with van der Waals surface area (Å²) < 4.78 is 5.12. The number of nitrogens with one attached hydrogen (secondary N) is 2. The van der Waals surface area contributed by atoms with E-state index in [1.165, 1.54) is 5.56 Å². The Bertz CT molecular complexity index is 408. The fraction of sp³-hybridized carbons (Fsp3) is 0.500. The van der Waals surface area contributed by atoms with Gasteiger partial charge in [0, 0.05) is 18.2 Å². The molecule has 1 unspecified atom stereocenters. The van der Waals surface area contributed by atoms with Gasteiger partial charge in [-0.25, -0.2) is 0 Å². The molecule has 1 atom stereocenters. The summed E-state index contributed by atoms with van der Waals surface area (Å²) in [6.07, 6.45) is 1.93. The molecule has 0 radical (unpaired) electrons. The van der Waals surface area contributed by atoms with Crippen LogP contribution in [0.4, 0.5) is 0 Å². The largest absolute Gasteiger partial charge is 0.497 e. The van der Waals surface area contributed by atoms with Crippen LogP contribution < -0.4 is 15.4 Å². The lowest BCUT2D eigenvalue weighted by Gasteiger charge is -2.10. The van der Waals surface area contributed by atoms with Crippen LogP contribution in [-0.4, -0.2) is 37.2 Å². The van der Waals surface area contributed by atoms with Crippen LogP contribution in [0.15, 0.2) is 24.3 Å². The van der Waals surface area contributed by atoms with Crippen molar-refractivity contribution in [1.29, 1.82) is 0 Å². The molecule has 1 aliphatic heterocycles. The number of hydrogen-bond donors (Lipinski definition) is 2. The summed E-state index contributed by atoms with van der Waals surface area (Å²) in [4.78, 5) is 11.7. The molecule has 1 aliphatic rings. The Morgan fingerprint density at radius 1 is 1.45 bits per heavy atom. The highest BCUT2D eigenvalue weighted by Gasteiger charge is 2.21. The molecular weight excluding hydrogens is 296 g/mol. The van der Waals surface area contributed by atoms with Gasteiger partial charge in [0.2, 0.25) is 5.91 Å². The minimum absolute atomic E-state index is 0. The topological polar surface area (TPSA) is 50.4 Å². The number of halogens is 1. The number of carbonyl (C=O) groups is 1. The Labute approximate surface area is 130 Å². The van der Waals surface area contributed by atoms with E-state index >= 15 is 0 Å². The second kappa shape index (κ2) is 9.10. The zero-order valence-electron chi connectivity index (χ0n) is 11.6. The standard InChI is InChI=1S/C14H20N2O2S.ClH/c1-18-12-6-4-11(5-7-12)3-2-8-15-14(17)13-9-19-10-16-13;/h4-7,13,16H,2-3,8-10H2,1H3,(H,15,17);1H. The summed E-state index contributed by atoms with van der Waals surface area (Å²) in [6.45, 7) is 0.730. The van der Waals surface area contributed by atoms with Crippen LogP contribution in [0.2, 0.25) is 0 Å². The number of carbonyl (C=O) groups excluding carboxylic acids is 1. The molecule has 0 aliphatic carbocycles. The number of amides is 1. The summed E-state index contributed by atoms with van der Waals surface area (Å²) in [5.74, 6) is 2.76. The third-order valence-electron chi connectivity index (χ3n) is 3.13. The number of ether oxygens (including phenoxy) is 1. The van der Waals surface area contributed by atoms with E-state index in [2.05, 4.69) is 22.8 Å². The molecular formula is C14H21ClN2O2S. The first kappa shape index (κ1) is 17.1. The molecule has 1 amide bonds. The highest BCUT2D eigenvalue weighted by Crippen LogP contribution is 2.12. The van der Waals surface area contributed by atoms with Gasteiger partial charge in [-0.2, -0.15) is 0 Å². The molecule has 2 rings (SSSR count). The Morgan fingerprint density at radius 3 is 2.80 bits per heavy atom. The fourth-order valence-electron chi connectivity index (χ4n) is 1.98. The van der Waals surface area contributed by atoms with Crippen LogP contribution >= 0.6 is 24.2 Å². The van der Waals surface area contributed by atoms with E-state index in [0.29, 0.717) is 0 Å². The summed E-state index contributed by atoms with van der Waals surface area (Å²) in [6, 6.07) is 8.05. The van der Waals surface area contributed by atoms with Crippen LogP contribution in [0, 0.1) is 0 Å². The van der Waals surface area contributed by atoms with Gasteiger partial charge in [0.15, 0.2) is 0 Å². The Balaban J connectivity index is 0.00000200. The Morgan fingerprint density at radius 2 is 2.20 bits per heavy atom. The average molecular weight is 317 g/mol. The van der Waals surface area contributed by atoms with Crippen molar-refractivity contribution in [3.05, 3.63) is 29.8 Å². The van der Waals surface area contributed by atoms with Crippen molar-refractivity contribution in [1.82, 2.24) is 10.6 Å². The smallest absolute Gasteiger partial charge is 0.238 e. The third-order valence-corrected chi connectivity index (χ3v) is 4.07. The van der Waals surface area contributed by atoms with E-state index in [9.17, 15) is 4.79 Å². The van der Waals surface area contributed by atoms with E-state index in [1.54, 1.807) is 18.9 Å². The van der Waals surface area contributed by atoms with Crippen molar-refractivity contribution in [2.75, 3.05) is 25.3 Å². The van der Waals surface area contributed by atoms with Crippen LogP contribution in [-0.2, 0) is 11.2 Å². The molecule has 20 heavy (non-hydrogen) atoms. The molecule has 0 aromatic heterocycles. The summed E-state index contributed by atoms with van der Waals surface area (Å²) in [5.41, 5.74) is 1.27. The van der Waals surface area contributed by atoms with Crippen LogP contribution in [0.1, 0.15) is 12.0 Å². The van der Waals surface area contributed by atoms with Gasteiger partial charge in [-0.15, -0.1) is 24.2 Å². The molecule has 0 spiro atoms. The van der Waals surface area contributed by atoms with Gasteiger partial charge >= 0.3 is 0 Å². The van der Waals surface area contributed by atoms with Crippen molar-refractivity contribution in [2.24, 2.45) is 0 Å². The van der Waals surface area contributed by atoms with Gasteiger partial charge in [0.25, 0.3) is 0 Å².